The van der Waals surface area contributed by atoms with Gasteiger partial charge in [0.15, 0.2) is 9.84 Å². The fraction of sp³-hybridized carbons (Fsp3) is 0.538. The molecule has 2 atom stereocenters. The number of ketones is 1. The van der Waals surface area contributed by atoms with E-state index >= 15 is 0 Å². The van der Waals surface area contributed by atoms with Gasteiger partial charge in [0.2, 0.25) is 0 Å². The molecular formula is C13H15NO3S. The summed E-state index contributed by atoms with van der Waals surface area (Å²) in [4.78, 5) is 16.7. The summed E-state index contributed by atoms with van der Waals surface area (Å²) in [7, 11) is -2.99. The number of hydrogen-bond acceptors (Lipinski definition) is 4. The first-order valence-electron chi connectivity index (χ1n) is 6.25. The second-order valence-electron chi connectivity index (χ2n) is 5.14. The van der Waals surface area contributed by atoms with Crippen LogP contribution < -0.4 is 0 Å². The minimum absolute atomic E-state index is 0.0322. The van der Waals surface area contributed by atoms with Crippen molar-refractivity contribution in [3.05, 3.63) is 29.6 Å². The van der Waals surface area contributed by atoms with Gasteiger partial charge in [0.05, 0.1) is 23.1 Å². The van der Waals surface area contributed by atoms with Crippen LogP contribution in [-0.4, -0.2) is 30.7 Å². The topological polar surface area (TPSA) is 64.1 Å². The number of hydrogen-bond donors (Lipinski definition) is 0. The van der Waals surface area contributed by atoms with Gasteiger partial charge >= 0.3 is 0 Å². The molecule has 0 aromatic carbocycles. The Labute approximate surface area is 106 Å². The fourth-order valence-corrected chi connectivity index (χ4v) is 4.75. The van der Waals surface area contributed by atoms with Crippen molar-refractivity contribution < 1.29 is 13.2 Å². The molecule has 0 bridgehead atoms. The maximum atomic E-state index is 12.4. The molecule has 0 spiro atoms. The summed E-state index contributed by atoms with van der Waals surface area (Å²) >= 11 is 0. The van der Waals surface area contributed by atoms with Gasteiger partial charge in [0.1, 0.15) is 5.78 Å². The molecule has 0 radical (unpaired) electrons. The van der Waals surface area contributed by atoms with Crippen LogP contribution >= 0.6 is 0 Å². The summed E-state index contributed by atoms with van der Waals surface area (Å²) in [6, 6.07) is 3.88. The van der Waals surface area contributed by atoms with Crippen LogP contribution in [-0.2, 0) is 21.1 Å². The smallest absolute Gasteiger partial charge is 0.151 e. The van der Waals surface area contributed by atoms with Crippen LogP contribution in [0, 0.1) is 5.92 Å². The molecule has 1 saturated heterocycles. The third-order valence-electron chi connectivity index (χ3n) is 3.94. The van der Waals surface area contributed by atoms with Gasteiger partial charge in [-0.3, -0.25) is 9.78 Å². The average molecular weight is 265 g/mol. The Morgan fingerprint density at radius 3 is 2.89 bits per heavy atom. The third kappa shape index (κ3) is 1.96. The van der Waals surface area contributed by atoms with Crippen LogP contribution in [0.5, 0.6) is 0 Å². The zero-order valence-corrected chi connectivity index (χ0v) is 10.8. The van der Waals surface area contributed by atoms with Crippen LogP contribution in [0.3, 0.4) is 0 Å². The fourth-order valence-electron chi connectivity index (χ4n) is 2.99. The predicted octanol–water partition coefficient (Wildman–Crippen LogP) is 1.12. The Bertz CT molecular complexity index is 594. The zero-order valence-electron chi connectivity index (χ0n) is 10.0. The van der Waals surface area contributed by atoms with Gasteiger partial charge in [0.25, 0.3) is 0 Å². The van der Waals surface area contributed by atoms with Crippen molar-refractivity contribution in [3.8, 4) is 0 Å². The third-order valence-corrected chi connectivity index (χ3v) is 5.70. The number of aryl methyl sites for hydroxylation is 1. The summed E-state index contributed by atoms with van der Waals surface area (Å²) in [6.07, 6.45) is 3.84. The Kier molecular flexibility index (Phi) is 2.73. The van der Waals surface area contributed by atoms with E-state index < -0.39 is 9.84 Å². The zero-order chi connectivity index (χ0) is 12.8. The highest BCUT2D eigenvalue weighted by Crippen LogP contribution is 2.35. The molecule has 2 aliphatic rings. The van der Waals surface area contributed by atoms with E-state index in [4.69, 9.17) is 0 Å². The molecule has 96 valence electrons. The molecule has 18 heavy (non-hydrogen) atoms. The van der Waals surface area contributed by atoms with Gasteiger partial charge < -0.3 is 0 Å². The first-order valence-corrected chi connectivity index (χ1v) is 8.07. The molecule has 0 N–H and O–H groups in total. The molecule has 1 aromatic heterocycles. The summed E-state index contributed by atoms with van der Waals surface area (Å²) in [5.41, 5.74) is 2.00. The van der Waals surface area contributed by atoms with E-state index in [0.717, 1.165) is 24.1 Å². The maximum absolute atomic E-state index is 12.4. The van der Waals surface area contributed by atoms with E-state index in [-0.39, 0.29) is 29.1 Å². The summed E-state index contributed by atoms with van der Waals surface area (Å²) in [5, 5.41) is 0. The second-order valence-corrected chi connectivity index (χ2v) is 7.37. The highest BCUT2D eigenvalue weighted by Gasteiger charge is 2.39. The lowest BCUT2D eigenvalue weighted by atomic mass is 9.90. The maximum Gasteiger partial charge on any atom is 0.151 e. The first kappa shape index (κ1) is 11.8. The predicted molar refractivity (Wildman–Crippen MR) is 67.1 cm³/mol. The van der Waals surface area contributed by atoms with Gasteiger partial charge in [-0.25, -0.2) is 8.42 Å². The summed E-state index contributed by atoms with van der Waals surface area (Å²) in [6.45, 7) is 0. The molecule has 0 amide bonds. The monoisotopic (exact) mass is 265 g/mol. The average Bonchev–Trinajstić information content (AvgIpc) is 2.91. The lowest BCUT2D eigenvalue weighted by Gasteiger charge is -2.13. The number of nitrogens with zero attached hydrogens (tertiary/aromatic N) is 1. The normalized spacial score (nSPS) is 29.1. The van der Waals surface area contributed by atoms with Crippen molar-refractivity contribution in [2.24, 2.45) is 5.92 Å². The van der Waals surface area contributed by atoms with Crippen LogP contribution in [0.4, 0.5) is 0 Å². The van der Waals surface area contributed by atoms with Crippen molar-refractivity contribution >= 4 is 15.6 Å². The van der Waals surface area contributed by atoms with E-state index in [0.29, 0.717) is 6.42 Å². The number of carbonyl (C=O) groups excluding carboxylic acids is 1. The molecule has 1 aromatic rings. The molecular weight excluding hydrogens is 250 g/mol. The number of sulfone groups is 1. The molecule has 3 rings (SSSR count). The Balaban J connectivity index is 1.83. The molecule has 2 heterocycles. The molecule has 2 unspecified atom stereocenters. The van der Waals surface area contributed by atoms with Crippen LogP contribution in [0.2, 0.25) is 0 Å². The minimum Gasteiger partial charge on any atom is -0.299 e. The summed E-state index contributed by atoms with van der Waals surface area (Å²) in [5.74, 6) is -0.226. The lowest BCUT2D eigenvalue weighted by Crippen LogP contribution is -2.22. The van der Waals surface area contributed by atoms with Crippen molar-refractivity contribution in [1.82, 2.24) is 4.98 Å². The van der Waals surface area contributed by atoms with Gasteiger partial charge in [-0.2, -0.15) is 0 Å². The van der Waals surface area contributed by atoms with Gasteiger partial charge in [-0.05, 0) is 30.9 Å². The van der Waals surface area contributed by atoms with Gasteiger partial charge in [-0.1, -0.05) is 6.07 Å². The Morgan fingerprint density at radius 2 is 2.17 bits per heavy atom. The SMILES string of the molecule is O=C(C1CCS(=O)(=O)C1)C1CCc2cccnc21. The van der Waals surface area contributed by atoms with Crippen molar-refractivity contribution in [2.45, 2.75) is 25.2 Å². The van der Waals surface area contributed by atoms with Crippen molar-refractivity contribution in [2.75, 3.05) is 11.5 Å². The quantitative estimate of drug-likeness (QED) is 0.803. The van der Waals surface area contributed by atoms with E-state index in [1.165, 1.54) is 0 Å². The van der Waals surface area contributed by atoms with E-state index in [9.17, 15) is 13.2 Å². The molecule has 1 aliphatic heterocycles. The van der Waals surface area contributed by atoms with Gasteiger partial charge in [-0.15, -0.1) is 0 Å². The lowest BCUT2D eigenvalue weighted by molar-refractivity contribution is -0.123. The molecule has 4 nitrogen and oxygen atoms in total. The van der Waals surface area contributed by atoms with E-state index in [1.54, 1.807) is 6.20 Å². The largest absolute Gasteiger partial charge is 0.299 e. The van der Waals surface area contributed by atoms with Crippen LogP contribution in [0.1, 0.15) is 30.0 Å². The Hall–Kier alpha value is -1.23. The van der Waals surface area contributed by atoms with Gasteiger partial charge in [0, 0.05) is 12.1 Å². The van der Waals surface area contributed by atoms with Crippen molar-refractivity contribution in [3.63, 3.8) is 0 Å². The molecule has 1 aliphatic carbocycles. The molecule has 5 heteroatoms. The second kappa shape index (κ2) is 4.16. The minimum atomic E-state index is -2.99. The molecule has 0 saturated carbocycles. The Morgan fingerprint density at radius 1 is 1.33 bits per heavy atom. The van der Waals surface area contributed by atoms with Crippen LogP contribution in [0.25, 0.3) is 0 Å². The number of aromatic nitrogens is 1. The summed E-state index contributed by atoms with van der Waals surface area (Å²) < 4.78 is 22.9. The highest BCUT2D eigenvalue weighted by molar-refractivity contribution is 7.91. The first-order chi connectivity index (χ1) is 8.57. The highest BCUT2D eigenvalue weighted by atomic mass is 32.2. The number of Topliss-reactive ketones (excluding diaryl/α,β-unsaturated/α-hetero) is 1. The molecule has 1 fully saturated rings. The van der Waals surface area contributed by atoms with Crippen molar-refractivity contribution in [1.29, 1.82) is 0 Å². The number of fused-ring (bicyclic) bond motifs is 1. The standard InChI is InChI=1S/C13H15NO3S/c15-13(10-5-7-18(16,17)8-10)11-4-3-9-2-1-6-14-12(9)11/h1-2,6,10-11H,3-5,7-8H2. The number of rotatable bonds is 2. The number of carbonyl (C=O) groups is 1. The number of pyridine rings is 1. The van der Waals surface area contributed by atoms with E-state index in [2.05, 4.69) is 4.98 Å². The van der Waals surface area contributed by atoms with E-state index in [1.807, 2.05) is 12.1 Å². The van der Waals surface area contributed by atoms with Crippen LogP contribution in [0.15, 0.2) is 18.3 Å².